The van der Waals surface area contributed by atoms with Gasteiger partial charge in [-0.1, -0.05) is 0 Å². The van der Waals surface area contributed by atoms with Crippen molar-refractivity contribution in [3.63, 3.8) is 0 Å². The van der Waals surface area contributed by atoms with Crippen molar-refractivity contribution in [2.75, 3.05) is 32.8 Å². The summed E-state index contributed by atoms with van der Waals surface area (Å²) in [6.07, 6.45) is 1.27. The zero-order valence-electron chi connectivity index (χ0n) is 13.4. The molecule has 3 heterocycles. The average molecular weight is 323 g/mol. The summed E-state index contributed by atoms with van der Waals surface area (Å²) in [5.74, 6) is 0. The van der Waals surface area contributed by atoms with Gasteiger partial charge in [0.2, 0.25) is 0 Å². The van der Waals surface area contributed by atoms with E-state index in [0.29, 0.717) is 32.3 Å². The van der Waals surface area contributed by atoms with E-state index in [9.17, 15) is 4.79 Å². The number of amides is 2. The Hall–Kier alpha value is -1.11. The molecule has 22 heavy (non-hydrogen) atoms. The Kier molecular flexibility index (Phi) is 5.00. The number of fused-ring (bicyclic) bond motifs is 1. The zero-order chi connectivity index (χ0) is 15.5. The number of hydrogen-bond acceptors (Lipinski definition) is 4. The van der Waals surface area contributed by atoms with Crippen LogP contribution >= 0.6 is 11.3 Å². The van der Waals surface area contributed by atoms with Gasteiger partial charge >= 0.3 is 6.03 Å². The van der Waals surface area contributed by atoms with Crippen LogP contribution in [0.4, 0.5) is 4.79 Å². The molecule has 0 aromatic carbocycles. The highest BCUT2D eigenvalue weighted by Gasteiger charge is 2.24. The maximum absolute atomic E-state index is 12.2. The van der Waals surface area contributed by atoms with E-state index >= 15 is 0 Å². The molecule has 1 aromatic rings. The standard InChI is InChI=1S/C16H25N3O2S/c1-12(18-5-3-15-14(11-18)4-8-22-15)9-17-16(20)19-6-7-21-13(2)10-19/h4,8,12-13H,3,5-7,9-11H2,1-2H3,(H,17,20)/t12-,13+/m0/s1. The molecule has 0 radical (unpaired) electrons. The van der Waals surface area contributed by atoms with Crippen LogP contribution in [-0.2, 0) is 17.7 Å². The predicted octanol–water partition coefficient (Wildman–Crippen LogP) is 1.92. The van der Waals surface area contributed by atoms with Crippen LogP contribution in [0.15, 0.2) is 11.4 Å². The molecule has 0 aliphatic carbocycles. The van der Waals surface area contributed by atoms with Gasteiger partial charge in [0.25, 0.3) is 0 Å². The van der Waals surface area contributed by atoms with E-state index in [2.05, 4.69) is 28.6 Å². The molecule has 2 atom stereocenters. The van der Waals surface area contributed by atoms with Gasteiger partial charge in [-0.25, -0.2) is 4.79 Å². The first kappa shape index (κ1) is 15.8. The van der Waals surface area contributed by atoms with Gasteiger partial charge in [-0.3, -0.25) is 4.90 Å². The van der Waals surface area contributed by atoms with Crippen molar-refractivity contribution in [3.8, 4) is 0 Å². The highest BCUT2D eigenvalue weighted by atomic mass is 32.1. The van der Waals surface area contributed by atoms with Crippen LogP contribution in [0.3, 0.4) is 0 Å². The number of carbonyl (C=O) groups is 1. The quantitative estimate of drug-likeness (QED) is 0.924. The lowest BCUT2D eigenvalue weighted by Crippen LogP contribution is -2.51. The number of thiophene rings is 1. The Bertz CT molecular complexity index is 519. The molecule has 0 saturated carbocycles. The van der Waals surface area contributed by atoms with Crippen molar-refractivity contribution in [3.05, 3.63) is 21.9 Å². The molecule has 3 rings (SSSR count). The first-order chi connectivity index (χ1) is 10.6. The molecule has 1 fully saturated rings. The topological polar surface area (TPSA) is 44.8 Å². The molecule has 122 valence electrons. The van der Waals surface area contributed by atoms with E-state index in [1.165, 1.54) is 10.4 Å². The zero-order valence-corrected chi connectivity index (χ0v) is 14.2. The van der Waals surface area contributed by atoms with Crippen LogP contribution in [0.1, 0.15) is 24.3 Å². The molecule has 1 saturated heterocycles. The minimum absolute atomic E-state index is 0.0373. The molecule has 2 aliphatic rings. The fraction of sp³-hybridized carbons (Fsp3) is 0.688. The number of nitrogens with one attached hydrogen (secondary N) is 1. The van der Waals surface area contributed by atoms with Crippen molar-refractivity contribution >= 4 is 17.4 Å². The molecule has 5 nitrogen and oxygen atoms in total. The predicted molar refractivity (Wildman–Crippen MR) is 88.3 cm³/mol. The molecule has 0 bridgehead atoms. The van der Waals surface area contributed by atoms with E-state index in [4.69, 9.17) is 4.74 Å². The second-order valence-corrected chi connectivity index (χ2v) is 7.25. The Morgan fingerprint density at radius 3 is 3.23 bits per heavy atom. The third kappa shape index (κ3) is 3.62. The minimum Gasteiger partial charge on any atom is -0.375 e. The summed E-state index contributed by atoms with van der Waals surface area (Å²) >= 11 is 1.86. The summed E-state index contributed by atoms with van der Waals surface area (Å²) in [4.78, 5) is 18.1. The fourth-order valence-electron chi connectivity index (χ4n) is 3.13. The largest absolute Gasteiger partial charge is 0.375 e. The maximum Gasteiger partial charge on any atom is 0.317 e. The number of ether oxygens (including phenoxy) is 1. The maximum atomic E-state index is 12.2. The molecule has 2 aliphatic heterocycles. The number of rotatable bonds is 3. The molecule has 6 heteroatoms. The van der Waals surface area contributed by atoms with Gasteiger partial charge in [0.1, 0.15) is 0 Å². The lowest BCUT2D eigenvalue weighted by Gasteiger charge is -2.34. The Labute approximate surface area is 136 Å². The van der Waals surface area contributed by atoms with E-state index in [-0.39, 0.29) is 12.1 Å². The van der Waals surface area contributed by atoms with Crippen molar-refractivity contribution < 1.29 is 9.53 Å². The second-order valence-electron chi connectivity index (χ2n) is 6.25. The molecule has 1 N–H and O–H groups in total. The first-order valence-electron chi connectivity index (χ1n) is 8.07. The third-order valence-electron chi connectivity index (χ3n) is 4.54. The number of morpholine rings is 1. The summed E-state index contributed by atoms with van der Waals surface area (Å²) in [5.41, 5.74) is 1.46. The van der Waals surface area contributed by atoms with E-state index in [0.717, 1.165) is 19.5 Å². The number of hydrogen-bond donors (Lipinski definition) is 1. The Morgan fingerprint density at radius 2 is 2.41 bits per heavy atom. The average Bonchev–Trinajstić information content (AvgIpc) is 2.99. The molecule has 0 spiro atoms. The van der Waals surface area contributed by atoms with Gasteiger partial charge in [-0.2, -0.15) is 0 Å². The van der Waals surface area contributed by atoms with Crippen LogP contribution in [-0.4, -0.2) is 60.8 Å². The molecular weight excluding hydrogens is 298 g/mol. The van der Waals surface area contributed by atoms with E-state index in [1.807, 2.05) is 23.2 Å². The van der Waals surface area contributed by atoms with Gasteiger partial charge in [-0.15, -0.1) is 11.3 Å². The lowest BCUT2D eigenvalue weighted by atomic mass is 10.1. The summed E-state index contributed by atoms with van der Waals surface area (Å²) < 4.78 is 5.48. The van der Waals surface area contributed by atoms with Crippen LogP contribution in [0.5, 0.6) is 0 Å². The van der Waals surface area contributed by atoms with Crippen molar-refractivity contribution in [1.29, 1.82) is 0 Å². The van der Waals surface area contributed by atoms with Gasteiger partial charge < -0.3 is 15.0 Å². The Morgan fingerprint density at radius 1 is 1.55 bits per heavy atom. The number of urea groups is 1. The van der Waals surface area contributed by atoms with Crippen molar-refractivity contribution in [2.45, 2.75) is 39.0 Å². The monoisotopic (exact) mass is 323 g/mol. The highest BCUT2D eigenvalue weighted by Crippen LogP contribution is 2.24. The number of nitrogens with zero attached hydrogens (tertiary/aromatic N) is 2. The number of carbonyl (C=O) groups excluding carboxylic acids is 1. The molecule has 2 amide bonds. The van der Waals surface area contributed by atoms with Crippen LogP contribution in [0, 0.1) is 0 Å². The van der Waals surface area contributed by atoms with Crippen molar-refractivity contribution in [2.24, 2.45) is 0 Å². The van der Waals surface area contributed by atoms with Crippen LogP contribution < -0.4 is 5.32 Å². The summed E-state index contributed by atoms with van der Waals surface area (Å²) in [6, 6.07) is 2.62. The van der Waals surface area contributed by atoms with Crippen LogP contribution in [0.2, 0.25) is 0 Å². The van der Waals surface area contributed by atoms with Gasteiger partial charge in [-0.05, 0) is 37.3 Å². The summed E-state index contributed by atoms with van der Waals surface area (Å²) in [6.45, 7) is 8.99. The first-order valence-corrected chi connectivity index (χ1v) is 8.95. The lowest BCUT2D eigenvalue weighted by molar-refractivity contribution is -0.00369. The third-order valence-corrected chi connectivity index (χ3v) is 5.56. The fourth-order valence-corrected chi connectivity index (χ4v) is 4.02. The van der Waals surface area contributed by atoms with E-state index < -0.39 is 0 Å². The summed E-state index contributed by atoms with van der Waals surface area (Å²) in [5, 5.41) is 5.26. The summed E-state index contributed by atoms with van der Waals surface area (Å²) in [7, 11) is 0. The SMILES string of the molecule is C[C@@H]1CN(C(=O)NC[C@H](C)N2CCc3sccc3C2)CCO1. The minimum atomic E-state index is 0.0373. The van der Waals surface area contributed by atoms with Crippen LogP contribution in [0.25, 0.3) is 0 Å². The second kappa shape index (κ2) is 6.98. The van der Waals surface area contributed by atoms with Gasteiger partial charge in [0.15, 0.2) is 0 Å². The normalized spacial score (nSPS) is 23.9. The Balaban J connectivity index is 1.46. The molecule has 1 aromatic heterocycles. The smallest absolute Gasteiger partial charge is 0.317 e. The van der Waals surface area contributed by atoms with Gasteiger partial charge in [0, 0.05) is 43.6 Å². The molecule has 0 unspecified atom stereocenters. The highest BCUT2D eigenvalue weighted by molar-refractivity contribution is 7.10. The van der Waals surface area contributed by atoms with E-state index in [1.54, 1.807) is 0 Å². The van der Waals surface area contributed by atoms with Crippen molar-refractivity contribution in [1.82, 2.24) is 15.1 Å². The van der Waals surface area contributed by atoms with Gasteiger partial charge in [0.05, 0.1) is 12.7 Å². The molecular formula is C16H25N3O2S.